The molecular weight excluding hydrogens is 334 g/mol. The van der Waals surface area contributed by atoms with Crippen LogP contribution in [0.4, 0.5) is 0 Å². The van der Waals surface area contributed by atoms with Crippen LogP contribution in [0.5, 0.6) is 0 Å². The van der Waals surface area contributed by atoms with E-state index >= 15 is 0 Å². The molecule has 8 heteroatoms. The van der Waals surface area contributed by atoms with E-state index in [9.17, 15) is 14.7 Å². The SMILES string of the molecule is Cn1nc2c(c1C(=O)N1CCC(C(=O)O)(n3ccnc3)CC1)CCCC2. The molecule has 26 heavy (non-hydrogen) atoms. The summed E-state index contributed by atoms with van der Waals surface area (Å²) in [5.74, 6) is -0.909. The van der Waals surface area contributed by atoms with Crippen LogP contribution in [-0.4, -0.2) is 54.3 Å². The van der Waals surface area contributed by atoms with Gasteiger partial charge < -0.3 is 14.6 Å². The molecule has 2 aliphatic rings. The van der Waals surface area contributed by atoms with Crippen LogP contribution >= 0.6 is 0 Å². The number of carbonyl (C=O) groups excluding carboxylic acids is 1. The number of aromatic nitrogens is 4. The first-order valence-electron chi connectivity index (χ1n) is 9.09. The molecule has 0 bridgehead atoms. The van der Waals surface area contributed by atoms with Crippen molar-refractivity contribution in [3.05, 3.63) is 35.7 Å². The topological polar surface area (TPSA) is 93.3 Å². The minimum absolute atomic E-state index is 0.0345. The zero-order valence-corrected chi connectivity index (χ0v) is 14.9. The van der Waals surface area contributed by atoms with Crippen molar-refractivity contribution in [2.75, 3.05) is 13.1 Å². The predicted octanol–water partition coefficient (Wildman–Crippen LogP) is 1.21. The van der Waals surface area contributed by atoms with Crippen LogP contribution < -0.4 is 0 Å². The standard InChI is InChI=1S/C18H23N5O3/c1-21-15(13-4-2-3-5-14(13)20-21)16(24)22-9-6-18(7-10-22,17(25)26)23-11-8-19-12-23/h8,11-12H,2-7,9-10H2,1H3,(H,25,26). The highest BCUT2D eigenvalue weighted by molar-refractivity contribution is 5.94. The summed E-state index contributed by atoms with van der Waals surface area (Å²) in [4.78, 5) is 30.8. The molecule has 2 aromatic rings. The molecule has 2 aromatic heterocycles. The average Bonchev–Trinajstić information content (AvgIpc) is 3.28. The summed E-state index contributed by atoms with van der Waals surface area (Å²) in [5, 5.41) is 14.3. The minimum Gasteiger partial charge on any atom is -0.479 e. The van der Waals surface area contributed by atoms with Crippen LogP contribution in [0.15, 0.2) is 18.7 Å². The van der Waals surface area contributed by atoms with E-state index in [-0.39, 0.29) is 5.91 Å². The summed E-state index contributed by atoms with van der Waals surface area (Å²) in [7, 11) is 1.82. The summed E-state index contributed by atoms with van der Waals surface area (Å²) in [6.45, 7) is 0.812. The van der Waals surface area contributed by atoms with Gasteiger partial charge in [-0.05, 0) is 38.5 Å². The smallest absolute Gasteiger partial charge is 0.330 e. The Morgan fingerprint density at radius 1 is 1.19 bits per heavy atom. The highest BCUT2D eigenvalue weighted by Gasteiger charge is 2.44. The van der Waals surface area contributed by atoms with Crippen molar-refractivity contribution in [1.82, 2.24) is 24.2 Å². The van der Waals surface area contributed by atoms with Crippen molar-refractivity contribution in [3.8, 4) is 0 Å². The van der Waals surface area contributed by atoms with Crippen LogP contribution in [0.25, 0.3) is 0 Å². The molecule has 0 radical (unpaired) electrons. The Balaban J connectivity index is 1.56. The zero-order valence-electron chi connectivity index (χ0n) is 14.9. The fraction of sp³-hybridized carbons (Fsp3) is 0.556. The van der Waals surface area contributed by atoms with Crippen molar-refractivity contribution >= 4 is 11.9 Å². The molecular formula is C18H23N5O3. The number of carboxylic acid groups (broad SMARTS) is 1. The quantitative estimate of drug-likeness (QED) is 0.891. The van der Waals surface area contributed by atoms with Gasteiger partial charge >= 0.3 is 5.97 Å². The van der Waals surface area contributed by atoms with Gasteiger partial charge in [-0.15, -0.1) is 0 Å². The molecule has 1 saturated heterocycles. The molecule has 0 atom stereocenters. The summed E-state index contributed by atoms with van der Waals surface area (Å²) < 4.78 is 3.36. The maximum absolute atomic E-state index is 13.1. The van der Waals surface area contributed by atoms with Crippen molar-refractivity contribution in [3.63, 3.8) is 0 Å². The second-order valence-corrected chi connectivity index (χ2v) is 7.20. The second-order valence-electron chi connectivity index (χ2n) is 7.20. The maximum atomic E-state index is 13.1. The number of fused-ring (bicyclic) bond motifs is 1. The van der Waals surface area contributed by atoms with Gasteiger partial charge in [-0.2, -0.15) is 5.10 Å². The van der Waals surface area contributed by atoms with Gasteiger partial charge in [0.1, 0.15) is 11.2 Å². The zero-order chi connectivity index (χ0) is 18.3. The number of rotatable bonds is 3. The third-order valence-electron chi connectivity index (χ3n) is 5.80. The molecule has 4 rings (SSSR count). The van der Waals surface area contributed by atoms with E-state index in [4.69, 9.17) is 0 Å². The molecule has 1 aliphatic heterocycles. The molecule has 1 aliphatic carbocycles. The Morgan fingerprint density at radius 2 is 1.92 bits per heavy atom. The van der Waals surface area contributed by atoms with E-state index in [0.717, 1.165) is 36.9 Å². The molecule has 1 fully saturated rings. The third-order valence-corrected chi connectivity index (χ3v) is 5.80. The number of likely N-dealkylation sites (tertiary alicyclic amines) is 1. The Morgan fingerprint density at radius 3 is 2.58 bits per heavy atom. The first-order chi connectivity index (χ1) is 12.5. The number of carbonyl (C=O) groups is 2. The third kappa shape index (κ3) is 2.51. The molecule has 0 aromatic carbocycles. The summed E-state index contributed by atoms with van der Waals surface area (Å²) >= 11 is 0. The van der Waals surface area contributed by atoms with Gasteiger partial charge in [0.15, 0.2) is 0 Å². The predicted molar refractivity (Wildman–Crippen MR) is 92.8 cm³/mol. The lowest BCUT2D eigenvalue weighted by molar-refractivity contribution is -0.150. The number of piperidine rings is 1. The van der Waals surface area contributed by atoms with Gasteiger partial charge in [0.25, 0.3) is 5.91 Å². The summed E-state index contributed by atoms with van der Waals surface area (Å²) in [6.07, 6.45) is 9.58. The Hall–Kier alpha value is -2.64. The number of nitrogens with zero attached hydrogens (tertiary/aromatic N) is 5. The first-order valence-corrected chi connectivity index (χ1v) is 9.09. The van der Waals surface area contributed by atoms with E-state index in [1.54, 1.807) is 32.9 Å². The number of hydrogen-bond donors (Lipinski definition) is 1. The van der Waals surface area contributed by atoms with Crippen LogP contribution in [0, 0.1) is 0 Å². The minimum atomic E-state index is -1.03. The Bertz CT molecular complexity index is 831. The van der Waals surface area contributed by atoms with Crippen LogP contribution in [0.1, 0.15) is 47.4 Å². The highest BCUT2D eigenvalue weighted by atomic mass is 16.4. The Labute approximate surface area is 151 Å². The molecule has 8 nitrogen and oxygen atoms in total. The van der Waals surface area contributed by atoms with Crippen molar-refractivity contribution in [2.45, 2.75) is 44.1 Å². The van der Waals surface area contributed by atoms with E-state index < -0.39 is 11.5 Å². The first kappa shape index (κ1) is 16.8. The number of hydrogen-bond acceptors (Lipinski definition) is 4. The lowest BCUT2D eigenvalue weighted by atomic mass is 9.87. The second kappa shape index (κ2) is 6.26. The van der Waals surface area contributed by atoms with E-state index in [1.807, 2.05) is 7.05 Å². The molecule has 0 unspecified atom stereocenters. The lowest BCUT2D eigenvalue weighted by Gasteiger charge is -2.39. The van der Waals surface area contributed by atoms with Gasteiger partial charge in [0, 0.05) is 38.1 Å². The van der Waals surface area contributed by atoms with E-state index in [1.165, 1.54) is 0 Å². The lowest BCUT2D eigenvalue weighted by Crippen LogP contribution is -2.52. The maximum Gasteiger partial charge on any atom is 0.330 e. The monoisotopic (exact) mass is 357 g/mol. The highest BCUT2D eigenvalue weighted by Crippen LogP contribution is 2.32. The number of imidazole rings is 1. The van der Waals surface area contributed by atoms with Gasteiger partial charge in [-0.25, -0.2) is 9.78 Å². The number of aryl methyl sites for hydroxylation is 2. The molecule has 0 saturated carbocycles. The molecule has 0 spiro atoms. The van der Waals surface area contributed by atoms with Gasteiger partial charge in [0.05, 0.1) is 12.0 Å². The molecule has 138 valence electrons. The number of aliphatic carboxylic acids is 1. The van der Waals surface area contributed by atoms with Gasteiger partial charge in [-0.3, -0.25) is 9.48 Å². The van der Waals surface area contributed by atoms with Crippen molar-refractivity contribution in [2.24, 2.45) is 7.05 Å². The van der Waals surface area contributed by atoms with E-state index in [0.29, 0.717) is 31.6 Å². The van der Waals surface area contributed by atoms with Crippen LogP contribution in [0.3, 0.4) is 0 Å². The average molecular weight is 357 g/mol. The van der Waals surface area contributed by atoms with Crippen molar-refractivity contribution in [1.29, 1.82) is 0 Å². The Kier molecular flexibility index (Phi) is 4.05. The number of carboxylic acids is 1. The van der Waals surface area contributed by atoms with Crippen LogP contribution in [-0.2, 0) is 30.2 Å². The van der Waals surface area contributed by atoms with Gasteiger partial charge in [0.2, 0.25) is 0 Å². The molecule has 1 amide bonds. The molecule has 3 heterocycles. The van der Waals surface area contributed by atoms with Crippen molar-refractivity contribution < 1.29 is 14.7 Å². The normalized spacial score (nSPS) is 19.2. The summed E-state index contributed by atoms with van der Waals surface area (Å²) in [6, 6.07) is 0. The van der Waals surface area contributed by atoms with Gasteiger partial charge in [-0.1, -0.05) is 0 Å². The fourth-order valence-electron chi connectivity index (χ4n) is 4.27. The number of amides is 1. The largest absolute Gasteiger partial charge is 0.479 e. The fourth-order valence-corrected chi connectivity index (χ4v) is 4.27. The molecule has 1 N–H and O–H groups in total. The van der Waals surface area contributed by atoms with Crippen LogP contribution in [0.2, 0.25) is 0 Å². The summed E-state index contributed by atoms with van der Waals surface area (Å²) in [5.41, 5.74) is 1.76. The van der Waals surface area contributed by atoms with E-state index in [2.05, 4.69) is 10.1 Å².